The molecular weight excluding hydrogens is 693 g/mol. The van der Waals surface area contributed by atoms with E-state index in [0.29, 0.717) is 0 Å². The van der Waals surface area contributed by atoms with Crippen LogP contribution >= 0.6 is 0 Å². The maximum Gasteiger partial charge on any atom is 0.139 e. The van der Waals surface area contributed by atoms with Gasteiger partial charge in [0.1, 0.15) is 180 Å². The minimum absolute atomic E-state index is 0.902. The van der Waals surface area contributed by atoms with Gasteiger partial charge in [0.25, 0.3) is 0 Å². The maximum absolute atomic E-state index is 6.94. The molecule has 60 heavy (non-hydrogen) atoms. The molecule has 0 radical (unpaired) electrons. The average molecular weight is 742 g/mol. The zero-order chi connectivity index (χ0) is 45.0. The van der Waals surface area contributed by atoms with Crippen molar-refractivity contribution in [3.8, 4) is 34.6 Å². The van der Waals surface area contributed by atoms with Crippen LogP contribution in [0.4, 0.5) is 0 Å². The summed E-state index contributed by atoms with van der Waals surface area (Å²) in [5.41, 5.74) is 40.4. The fourth-order valence-corrected chi connectivity index (χ4v) is 11.0. The van der Waals surface area contributed by atoms with Gasteiger partial charge in [0, 0.05) is 5.56 Å². The number of benzene rings is 6. The molecule has 266 valence electrons. The van der Waals surface area contributed by atoms with Crippen molar-refractivity contribution in [3.05, 3.63) is 22.2 Å². The van der Waals surface area contributed by atoms with Gasteiger partial charge >= 0.3 is 0 Å². The summed E-state index contributed by atoms with van der Waals surface area (Å²) in [5, 5.41) is 5.45. The highest BCUT2D eigenvalue weighted by atomic mass is 14.3. The molecule has 0 aliphatic carbocycles. The first-order valence-corrected chi connectivity index (χ1v) is 22.2. The minimum atomic E-state index is 0.902. The van der Waals surface area contributed by atoms with Gasteiger partial charge in [0.2, 0.25) is 0 Å². The van der Waals surface area contributed by atoms with E-state index in [-0.39, 0.29) is 0 Å². The van der Waals surface area contributed by atoms with Crippen LogP contribution in [0.15, 0.2) is 5.47 Å². The quantitative estimate of drug-likeness (QED) is 0.0937. The second-order valence-corrected chi connectivity index (χ2v) is 19.1. The fourth-order valence-electron chi connectivity index (χ4n) is 11.0. The molecule has 23 heteroatoms. The van der Waals surface area contributed by atoms with E-state index in [1.165, 1.54) is 181 Å². The standard InChI is InChI=1S/C37H49B23/c1-2-4-7(19(42)29(52)20(43)8(4)18(41)6(38)3-5-16(39)27(50)36(59)28(51)17(5)40)9-11-13(23(46)32(55)30(53)21(11)44)10(14-12(9)22(45)31(54)33(56)24(14)47)15-25(48)34(57)37(60)35(58)26(15)49/h1H,3,38-60H2/b18-6-. The molecule has 0 spiro atoms. The predicted octanol–water partition coefficient (Wildman–Crippen LogP) is -29.1. The summed E-state index contributed by atoms with van der Waals surface area (Å²) in [6.07, 6.45) is 7.84. The van der Waals surface area contributed by atoms with Crippen molar-refractivity contribution in [3.63, 3.8) is 0 Å². The van der Waals surface area contributed by atoms with E-state index in [1.807, 2.05) is 0 Å². The fraction of sp³-hybridized carbons (Fsp3) is 0.0270. The molecular formula is C37H49B23. The molecule has 0 aliphatic rings. The highest BCUT2D eigenvalue weighted by molar-refractivity contribution is 6.75. The summed E-state index contributed by atoms with van der Waals surface area (Å²) in [4.78, 5) is 0. The predicted molar refractivity (Wildman–Crippen MR) is 346 cm³/mol. The van der Waals surface area contributed by atoms with Crippen LogP contribution in [0.2, 0.25) is 0 Å². The first-order valence-electron chi connectivity index (χ1n) is 22.2. The van der Waals surface area contributed by atoms with Gasteiger partial charge in [-0.1, -0.05) is 71.6 Å². The van der Waals surface area contributed by atoms with Gasteiger partial charge in [-0.2, -0.15) is 0 Å². The Bertz CT molecular complexity index is 2910. The molecule has 0 atom stereocenters. The van der Waals surface area contributed by atoms with Gasteiger partial charge in [-0.3, -0.25) is 0 Å². The molecule has 0 aromatic heterocycles. The Kier molecular flexibility index (Phi) is 12.6. The number of allylic oxidation sites excluding steroid dienone is 1. The van der Waals surface area contributed by atoms with E-state index in [2.05, 4.69) is 186 Å². The lowest BCUT2D eigenvalue weighted by Crippen LogP contribution is -2.56. The van der Waals surface area contributed by atoms with Crippen molar-refractivity contribution >= 4 is 322 Å². The second-order valence-electron chi connectivity index (χ2n) is 19.1. The van der Waals surface area contributed by atoms with E-state index in [9.17, 15) is 0 Å². The van der Waals surface area contributed by atoms with Crippen molar-refractivity contribution in [2.75, 3.05) is 0 Å². The van der Waals surface area contributed by atoms with E-state index >= 15 is 0 Å². The SMILES string of the molecule is B/C(Cc1c(B)c(B)c(B)c(B)c1B)=C(\B)c1c(B)c(B)c(B)c(-c2c3c(B)c(B)c(B)c(B)c3c(-c3c(B)c(B)c(B)c(B)c3B)c3c(B)c(B)c(B)c(B)c23)c1C#C. The van der Waals surface area contributed by atoms with Gasteiger partial charge < -0.3 is 0 Å². The van der Waals surface area contributed by atoms with Gasteiger partial charge in [-0.05, 0) is 55.8 Å². The van der Waals surface area contributed by atoms with Crippen LogP contribution in [-0.4, -0.2) is 180 Å². The van der Waals surface area contributed by atoms with E-state index in [1.54, 1.807) is 0 Å². The normalized spacial score (nSPS) is 11.8. The molecule has 0 saturated heterocycles. The number of terminal acetylenes is 1. The Labute approximate surface area is 383 Å². The lowest BCUT2D eigenvalue weighted by molar-refractivity contribution is 1.30. The smallest absolute Gasteiger partial charge is 0.115 e. The Hall–Kier alpha value is -3.37. The van der Waals surface area contributed by atoms with E-state index in [4.69, 9.17) is 6.42 Å². The Morgan fingerprint density at radius 3 is 0.933 bits per heavy atom. The highest BCUT2D eigenvalue weighted by Gasteiger charge is 2.30. The molecule has 0 saturated carbocycles. The lowest BCUT2D eigenvalue weighted by Gasteiger charge is -2.32. The molecule has 6 rings (SSSR count). The van der Waals surface area contributed by atoms with E-state index in [0.717, 1.165) is 12.0 Å². The number of hydrogen-bond acceptors (Lipinski definition) is 0. The van der Waals surface area contributed by atoms with Crippen LogP contribution in [0, 0.1) is 12.3 Å². The zero-order valence-corrected chi connectivity index (χ0v) is 41.8. The first-order chi connectivity index (χ1) is 27.9. The molecule has 6 aromatic carbocycles. The second kappa shape index (κ2) is 16.4. The molecule has 0 bridgehead atoms. The third-order valence-corrected chi connectivity index (χ3v) is 17.0. The number of fused-ring (bicyclic) bond motifs is 2. The van der Waals surface area contributed by atoms with E-state index < -0.39 is 0 Å². The monoisotopic (exact) mass is 747 g/mol. The van der Waals surface area contributed by atoms with Crippen LogP contribution in [0.25, 0.3) is 49.3 Å². The zero-order valence-electron chi connectivity index (χ0n) is 41.8. The van der Waals surface area contributed by atoms with Gasteiger partial charge in [-0.25, -0.2) is 0 Å². The molecule has 0 amide bonds. The Morgan fingerprint density at radius 2 is 0.583 bits per heavy atom. The summed E-state index contributed by atoms with van der Waals surface area (Å²) in [5.74, 6) is 3.42. The summed E-state index contributed by atoms with van der Waals surface area (Å²) in [7, 11) is 53.5. The summed E-state index contributed by atoms with van der Waals surface area (Å²) in [6.45, 7) is 0. The summed E-state index contributed by atoms with van der Waals surface area (Å²) >= 11 is 0. The maximum atomic E-state index is 6.94. The van der Waals surface area contributed by atoms with Crippen LogP contribution in [-0.2, 0) is 6.42 Å². The van der Waals surface area contributed by atoms with Crippen molar-refractivity contribution in [1.82, 2.24) is 0 Å². The lowest BCUT2D eigenvalue weighted by atomic mass is 9.55. The molecule has 0 fully saturated rings. The molecule has 0 nitrogen and oxygen atoms in total. The number of hydrogen-bond donors (Lipinski definition) is 0. The number of rotatable bonds is 5. The van der Waals surface area contributed by atoms with Crippen LogP contribution < -0.4 is 115 Å². The highest BCUT2D eigenvalue weighted by Crippen LogP contribution is 2.40. The largest absolute Gasteiger partial charge is 0.139 e. The third-order valence-electron chi connectivity index (χ3n) is 17.0. The summed E-state index contributed by atoms with van der Waals surface area (Å²) in [6, 6.07) is 0. The molecule has 0 N–H and O–H groups in total. The van der Waals surface area contributed by atoms with Gasteiger partial charge in [0.05, 0.1) is 0 Å². The minimum Gasteiger partial charge on any atom is -0.115 e. The average Bonchev–Trinajstić information content (AvgIpc) is 3.22. The molecule has 0 heterocycles. The van der Waals surface area contributed by atoms with Crippen LogP contribution in [0.1, 0.15) is 16.7 Å². The van der Waals surface area contributed by atoms with Crippen molar-refractivity contribution in [1.29, 1.82) is 0 Å². The molecule has 0 unspecified atom stereocenters. The third kappa shape index (κ3) is 6.57. The van der Waals surface area contributed by atoms with Crippen molar-refractivity contribution in [2.45, 2.75) is 6.42 Å². The molecule has 6 aromatic rings. The van der Waals surface area contributed by atoms with Crippen LogP contribution in [0.3, 0.4) is 0 Å². The van der Waals surface area contributed by atoms with Gasteiger partial charge in [0.15, 0.2) is 0 Å². The van der Waals surface area contributed by atoms with Gasteiger partial charge in [-0.15, -0.1) is 72.0 Å². The topological polar surface area (TPSA) is 0 Å². The van der Waals surface area contributed by atoms with Crippen molar-refractivity contribution in [2.24, 2.45) is 0 Å². The molecule has 0 aliphatic heterocycles. The van der Waals surface area contributed by atoms with Crippen molar-refractivity contribution < 1.29 is 0 Å². The Morgan fingerprint density at radius 1 is 0.317 bits per heavy atom. The van der Waals surface area contributed by atoms with Crippen LogP contribution in [0.5, 0.6) is 0 Å². The Balaban J connectivity index is 1.95. The summed E-state index contributed by atoms with van der Waals surface area (Å²) < 4.78 is 0. The first kappa shape index (κ1) is 46.1.